The predicted octanol–water partition coefficient (Wildman–Crippen LogP) is 2.44. The molecule has 0 aromatic carbocycles. The number of pyridine rings is 1. The van der Waals surface area contributed by atoms with Gasteiger partial charge in [0.1, 0.15) is 0 Å². The molecule has 0 aliphatic carbocycles. The third-order valence-electron chi connectivity index (χ3n) is 2.49. The van der Waals surface area contributed by atoms with Crippen molar-refractivity contribution >= 4 is 11.7 Å². The van der Waals surface area contributed by atoms with Crippen molar-refractivity contribution in [2.75, 3.05) is 18.4 Å². The second-order valence-corrected chi connectivity index (χ2v) is 5.39. The summed E-state index contributed by atoms with van der Waals surface area (Å²) in [6.07, 6.45) is 2.22. The number of hydrogen-bond acceptors (Lipinski definition) is 4. The van der Waals surface area contributed by atoms with Crippen LogP contribution in [-0.2, 0) is 4.79 Å². The average molecular weight is 279 g/mol. The first-order valence-corrected chi connectivity index (χ1v) is 7.11. The van der Waals surface area contributed by atoms with Crippen molar-refractivity contribution in [2.24, 2.45) is 5.92 Å². The number of hydrogen-bond donors (Lipinski definition) is 2. The maximum absolute atomic E-state index is 11.6. The van der Waals surface area contributed by atoms with E-state index in [0.717, 1.165) is 0 Å². The zero-order valence-electron chi connectivity index (χ0n) is 12.8. The lowest BCUT2D eigenvalue weighted by Crippen LogP contribution is -2.28. The predicted molar refractivity (Wildman–Crippen MR) is 81.0 cm³/mol. The van der Waals surface area contributed by atoms with Gasteiger partial charge < -0.3 is 15.4 Å². The molecule has 0 unspecified atom stereocenters. The molecule has 0 saturated carbocycles. The molecule has 0 atom stereocenters. The van der Waals surface area contributed by atoms with Gasteiger partial charge in [0.25, 0.3) is 0 Å². The zero-order chi connectivity index (χ0) is 15.0. The van der Waals surface area contributed by atoms with Crippen molar-refractivity contribution < 1.29 is 9.53 Å². The second kappa shape index (κ2) is 8.40. The van der Waals surface area contributed by atoms with E-state index >= 15 is 0 Å². The first-order chi connectivity index (χ1) is 9.49. The molecule has 2 N–H and O–H groups in total. The summed E-state index contributed by atoms with van der Waals surface area (Å²) in [7, 11) is 0. The highest BCUT2D eigenvalue weighted by Gasteiger charge is 2.07. The fourth-order valence-electron chi connectivity index (χ4n) is 1.57. The Kier molecular flexibility index (Phi) is 6.84. The molecule has 0 bridgehead atoms. The van der Waals surface area contributed by atoms with Gasteiger partial charge in [0.2, 0.25) is 5.91 Å². The normalized spacial score (nSPS) is 10.7. The first-order valence-electron chi connectivity index (χ1n) is 7.11. The van der Waals surface area contributed by atoms with Gasteiger partial charge in [0.15, 0.2) is 11.6 Å². The van der Waals surface area contributed by atoms with Crippen molar-refractivity contribution in [2.45, 2.75) is 40.2 Å². The van der Waals surface area contributed by atoms with E-state index in [1.54, 1.807) is 6.20 Å². The van der Waals surface area contributed by atoms with E-state index in [1.165, 1.54) is 0 Å². The Hall–Kier alpha value is -1.78. The molecule has 112 valence electrons. The van der Waals surface area contributed by atoms with Crippen LogP contribution in [0.5, 0.6) is 5.75 Å². The maximum Gasteiger partial charge on any atom is 0.221 e. The summed E-state index contributed by atoms with van der Waals surface area (Å²) in [6, 6.07) is 3.70. The molecule has 5 nitrogen and oxygen atoms in total. The largest absolute Gasteiger partial charge is 0.487 e. The van der Waals surface area contributed by atoms with Crippen molar-refractivity contribution in [3.05, 3.63) is 18.3 Å². The van der Waals surface area contributed by atoms with Crippen LogP contribution in [0.15, 0.2) is 18.3 Å². The SMILES string of the molecule is CC(C)CNC(=O)CCNc1ncccc1OC(C)C. The summed E-state index contributed by atoms with van der Waals surface area (Å²) < 4.78 is 5.66. The number of rotatable bonds is 8. The van der Waals surface area contributed by atoms with Crippen molar-refractivity contribution in [1.29, 1.82) is 0 Å². The van der Waals surface area contributed by atoms with Crippen molar-refractivity contribution in [1.82, 2.24) is 10.3 Å². The van der Waals surface area contributed by atoms with Crippen LogP contribution in [0.4, 0.5) is 5.82 Å². The third kappa shape index (κ3) is 6.41. The first kappa shape index (κ1) is 16.3. The lowest BCUT2D eigenvalue weighted by atomic mass is 10.2. The number of ether oxygens (including phenoxy) is 1. The van der Waals surface area contributed by atoms with Crippen molar-refractivity contribution in [3.63, 3.8) is 0 Å². The monoisotopic (exact) mass is 279 g/mol. The molecule has 0 fully saturated rings. The standard InChI is InChI=1S/C15H25N3O2/c1-11(2)10-18-14(19)7-9-17-15-13(20-12(3)4)6-5-8-16-15/h5-6,8,11-12H,7,9-10H2,1-4H3,(H,16,17)(H,18,19). The zero-order valence-corrected chi connectivity index (χ0v) is 12.8. The van der Waals surface area contributed by atoms with E-state index in [1.807, 2.05) is 26.0 Å². The van der Waals surface area contributed by atoms with E-state index in [0.29, 0.717) is 37.0 Å². The fraction of sp³-hybridized carbons (Fsp3) is 0.600. The number of carbonyl (C=O) groups excluding carboxylic acids is 1. The van der Waals surface area contributed by atoms with Crippen LogP contribution < -0.4 is 15.4 Å². The third-order valence-corrected chi connectivity index (χ3v) is 2.49. The molecule has 0 saturated heterocycles. The Balaban J connectivity index is 2.40. The van der Waals surface area contributed by atoms with Gasteiger partial charge in [-0.3, -0.25) is 4.79 Å². The minimum Gasteiger partial charge on any atom is -0.487 e. The van der Waals surface area contributed by atoms with E-state index < -0.39 is 0 Å². The highest BCUT2D eigenvalue weighted by molar-refractivity contribution is 5.76. The van der Waals surface area contributed by atoms with Crippen LogP contribution in [0.3, 0.4) is 0 Å². The Morgan fingerprint density at radius 1 is 1.35 bits per heavy atom. The number of amides is 1. The minimum absolute atomic E-state index is 0.0495. The van der Waals surface area contributed by atoms with Crippen LogP contribution in [0.2, 0.25) is 0 Å². The summed E-state index contributed by atoms with van der Waals surface area (Å²) in [5.41, 5.74) is 0. The number of carbonyl (C=O) groups is 1. The molecule has 20 heavy (non-hydrogen) atoms. The fourth-order valence-corrected chi connectivity index (χ4v) is 1.57. The molecular weight excluding hydrogens is 254 g/mol. The van der Waals surface area contributed by atoms with Crippen LogP contribution >= 0.6 is 0 Å². The molecular formula is C15H25N3O2. The Morgan fingerprint density at radius 2 is 2.10 bits per heavy atom. The number of nitrogens with zero attached hydrogens (tertiary/aromatic N) is 1. The summed E-state index contributed by atoms with van der Waals surface area (Å²) in [6.45, 7) is 9.33. The van der Waals surface area contributed by atoms with Gasteiger partial charge in [-0.25, -0.2) is 4.98 Å². The Labute approximate surface area is 121 Å². The Morgan fingerprint density at radius 3 is 2.75 bits per heavy atom. The van der Waals surface area contributed by atoms with Crippen LogP contribution in [-0.4, -0.2) is 30.1 Å². The molecule has 1 heterocycles. The van der Waals surface area contributed by atoms with E-state index in [-0.39, 0.29) is 12.0 Å². The van der Waals surface area contributed by atoms with Crippen LogP contribution in [0.25, 0.3) is 0 Å². The maximum atomic E-state index is 11.6. The molecule has 1 amide bonds. The summed E-state index contributed by atoms with van der Waals surface area (Å²) in [5, 5.41) is 6.02. The molecule has 1 aromatic rings. The molecule has 0 radical (unpaired) electrons. The lowest BCUT2D eigenvalue weighted by Gasteiger charge is -2.14. The quantitative estimate of drug-likeness (QED) is 0.767. The van der Waals surface area contributed by atoms with Crippen LogP contribution in [0, 0.1) is 5.92 Å². The molecule has 0 spiro atoms. The minimum atomic E-state index is 0.0495. The average Bonchev–Trinajstić information content (AvgIpc) is 2.38. The highest BCUT2D eigenvalue weighted by Crippen LogP contribution is 2.21. The van der Waals surface area contributed by atoms with Gasteiger partial charge in [-0.05, 0) is 31.9 Å². The molecule has 0 aliphatic heterocycles. The Bertz CT molecular complexity index is 419. The highest BCUT2D eigenvalue weighted by atomic mass is 16.5. The van der Waals surface area contributed by atoms with Gasteiger partial charge in [0, 0.05) is 25.7 Å². The number of aromatic nitrogens is 1. The van der Waals surface area contributed by atoms with Crippen molar-refractivity contribution in [3.8, 4) is 5.75 Å². The van der Waals surface area contributed by atoms with Gasteiger partial charge >= 0.3 is 0 Å². The lowest BCUT2D eigenvalue weighted by molar-refractivity contribution is -0.120. The number of nitrogens with one attached hydrogen (secondary N) is 2. The summed E-state index contributed by atoms with van der Waals surface area (Å²) in [5.74, 6) is 1.91. The van der Waals surface area contributed by atoms with Crippen LogP contribution in [0.1, 0.15) is 34.1 Å². The molecule has 1 aromatic heterocycles. The van der Waals surface area contributed by atoms with Gasteiger partial charge in [0.05, 0.1) is 6.10 Å². The van der Waals surface area contributed by atoms with Gasteiger partial charge in [-0.2, -0.15) is 0 Å². The van der Waals surface area contributed by atoms with Gasteiger partial charge in [-0.1, -0.05) is 13.8 Å². The van der Waals surface area contributed by atoms with E-state index in [4.69, 9.17) is 4.74 Å². The van der Waals surface area contributed by atoms with E-state index in [9.17, 15) is 4.79 Å². The summed E-state index contributed by atoms with van der Waals surface area (Å²) >= 11 is 0. The summed E-state index contributed by atoms with van der Waals surface area (Å²) in [4.78, 5) is 15.8. The molecule has 5 heteroatoms. The molecule has 0 aliphatic rings. The topological polar surface area (TPSA) is 63.2 Å². The number of anilines is 1. The smallest absolute Gasteiger partial charge is 0.221 e. The molecule has 1 rings (SSSR count). The van der Waals surface area contributed by atoms with Gasteiger partial charge in [-0.15, -0.1) is 0 Å². The second-order valence-electron chi connectivity index (χ2n) is 5.39. The van der Waals surface area contributed by atoms with E-state index in [2.05, 4.69) is 29.5 Å².